The van der Waals surface area contributed by atoms with E-state index in [9.17, 15) is 5.11 Å². The molecule has 2 aromatic carbocycles. The second kappa shape index (κ2) is 6.26. The molecule has 0 radical (unpaired) electrons. The molecule has 1 aliphatic heterocycles. The first-order valence-electron chi connectivity index (χ1n) is 7.21. The lowest BCUT2D eigenvalue weighted by molar-refractivity contribution is 0.0780. The third kappa shape index (κ3) is 2.59. The topological polar surface area (TPSA) is 61.7 Å². The van der Waals surface area contributed by atoms with E-state index in [-0.39, 0.29) is 13.2 Å². The second-order valence-corrected chi connectivity index (χ2v) is 5.73. The molecule has 3 N–H and O–H groups in total. The SMILES string of the molecule is OCCNCC1(O)c2ccccc2OCc2cccc(Cl)c21. The number of aliphatic hydroxyl groups is 2. The Morgan fingerprint density at radius 2 is 2.00 bits per heavy atom. The van der Waals surface area contributed by atoms with Crippen molar-refractivity contribution in [2.24, 2.45) is 0 Å². The zero-order chi connectivity index (χ0) is 15.6. The van der Waals surface area contributed by atoms with Crippen LogP contribution in [0.5, 0.6) is 5.75 Å². The molecule has 22 heavy (non-hydrogen) atoms. The summed E-state index contributed by atoms with van der Waals surface area (Å²) in [6, 6.07) is 12.9. The number of rotatable bonds is 4. The minimum Gasteiger partial charge on any atom is -0.488 e. The molecule has 0 saturated heterocycles. The summed E-state index contributed by atoms with van der Waals surface area (Å²) in [6.07, 6.45) is 0. The van der Waals surface area contributed by atoms with Crippen LogP contribution in [0.15, 0.2) is 42.5 Å². The van der Waals surface area contributed by atoms with Crippen LogP contribution in [-0.4, -0.2) is 29.9 Å². The number of aliphatic hydroxyl groups excluding tert-OH is 1. The van der Waals surface area contributed by atoms with Gasteiger partial charge in [-0.1, -0.05) is 41.9 Å². The monoisotopic (exact) mass is 319 g/mol. The van der Waals surface area contributed by atoms with Crippen LogP contribution in [0.2, 0.25) is 5.02 Å². The first-order valence-corrected chi connectivity index (χ1v) is 7.59. The van der Waals surface area contributed by atoms with Gasteiger partial charge in [-0.2, -0.15) is 0 Å². The zero-order valence-electron chi connectivity index (χ0n) is 12.1. The summed E-state index contributed by atoms with van der Waals surface area (Å²) in [4.78, 5) is 0. The van der Waals surface area contributed by atoms with Gasteiger partial charge in [-0.25, -0.2) is 0 Å². The van der Waals surface area contributed by atoms with Crippen LogP contribution in [-0.2, 0) is 12.2 Å². The van der Waals surface area contributed by atoms with E-state index in [1.54, 1.807) is 6.07 Å². The molecule has 0 aliphatic carbocycles. The Morgan fingerprint density at radius 1 is 1.18 bits per heavy atom. The molecule has 116 valence electrons. The third-order valence-electron chi connectivity index (χ3n) is 3.90. The number of nitrogens with one attached hydrogen (secondary N) is 1. The summed E-state index contributed by atoms with van der Waals surface area (Å²) in [5.74, 6) is 0.642. The molecule has 2 aromatic rings. The first-order chi connectivity index (χ1) is 10.7. The number of benzene rings is 2. The van der Waals surface area contributed by atoms with Crippen molar-refractivity contribution in [3.8, 4) is 5.75 Å². The van der Waals surface area contributed by atoms with Crippen molar-refractivity contribution in [3.05, 3.63) is 64.2 Å². The molecule has 1 aliphatic rings. The Morgan fingerprint density at radius 3 is 2.82 bits per heavy atom. The number of fused-ring (bicyclic) bond motifs is 2. The Labute approximate surface area is 134 Å². The van der Waals surface area contributed by atoms with Gasteiger partial charge in [0.25, 0.3) is 0 Å². The van der Waals surface area contributed by atoms with Crippen LogP contribution in [0.1, 0.15) is 16.7 Å². The van der Waals surface area contributed by atoms with Gasteiger partial charge in [-0.3, -0.25) is 0 Å². The summed E-state index contributed by atoms with van der Waals surface area (Å²) >= 11 is 6.39. The minimum atomic E-state index is -1.31. The Balaban J connectivity index is 2.16. The van der Waals surface area contributed by atoms with Gasteiger partial charge in [-0.05, 0) is 17.7 Å². The van der Waals surface area contributed by atoms with Crippen LogP contribution < -0.4 is 10.1 Å². The molecule has 0 fully saturated rings. The highest BCUT2D eigenvalue weighted by molar-refractivity contribution is 6.31. The molecule has 0 amide bonds. The Hall–Kier alpha value is -1.59. The van der Waals surface area contributed by atoms with E-state index in [0.29, 0.717) is 35.1 Å². The minimum absolute atomic E-state index is 0.00358. The Bertz CT molecular complexity index is 677. The van der Waals surface area contributed by atoms with Crippen molar-refractivity contribution in [3.63, 3.8) is 0 Å². The molecule has 0 bridgehead atoms. The maximum atomic E-state index is 11.5. The summed E-state index contributed by atoms with van der Waals surface area (Å²) < 4.78 is 5.84. The van der Waals surface area contributed by atoms with Gasteiger partial charge in [0.2, 0.25) is 0 Å². The summed E-state index contributed by atoms with van der Waals surface area (Å²) in [7, 11) is 0. The normalized spacial score (nSPS) is 19.8. The van der Waals surface area contributed by atoms with Crippen molar-refractivity contribution in [1.29, 1.82) is 0 Å². The van der Waals surface area contributed by atoms with Crippen LogP contribution in [0.4, 0.5) is 0 Å². The fourth-order valence-corrected chi connectivity index (χ4v) is 3.26. The van der Waals surface area contributed by atoms with Gasteiger partial charge in [0.05, 0.1) is 6.61 Å². The van der Waals surface area contributed by atoms with Crippen LogP contribution in [0.3, 0.4) is 0 Å². The van der Waals surface area contributed by atoms with E-state index in [2.05, 4.69) is 5.32 Å². The molecule has 0 spiro atoms. The number of ether oxygens (including phenoxy) is 1. The number of hydrogen-bond acceptors (Lipinski definition) is 4. The molecule has 0 aromatic heterocycles. The number of halogens is 1. The highest BCUT2D eigenvalue weighted by Crippen LogP contribution is 2.43. The largest absolute Gasteiger partial charge is 0.488 e. The highest BCUT2D eigenvalue weighted by Gasteiger charge is 2.39. The van der Waals surface area contributed by atoms with Gasteiger partial charge in [0.15, 0.2) is 0 Å². The summed E-state index contributed by atoms with van der Waals surface area (Å²) in [6.45, 7) is 0.995. The van der Waals surface area contributed by atoms with Crippen LogP contribution in [0.25, 0.3) is 0 Å². The van der Waals surface area contributed by atoms with Gasteiger partial charge < -0.3 is 20.3 Å². The lowest BCUT2D eigenvalue weighted by Crippen LogP contribution is -2.40. The maximum absolute atomic E-state index is 11.5. The average Bonchev–Trinajstić information content (AvgIpc) is 2.65. The average molecular weight is 320 g/mol. The van der Waals surface area contributed by atoms with E-state index < -0.39 is 5.60 Å². The van der Waals surface area contributed by atoms with E-state index in [1.165, 1.54) is 0 Å². The van der Waals surface area contributed by atoms with Gasteiger partial charge in [0, 0.05) is 29.2 Å². The van der Waals surface area contributed by atoms with Crippen molar-refractivity contribution in [2.45, 2.75) is 12.2 Å². The molecule has 3 rings (SSSR count). The van der Waals surface area contributed by atoms with Crippen LogP contribution >= 0.6 is 11.6 Å². The van der Waals surface area contributed by atoms with E-state index in [0.717, 1.165) is 5.56 Å². The van der Waals surface area contributed by atoms with Crippen molar-refractivity contribution >= 4 is 11.6 Å². The highest BCUT2D eigenvalue weighted by atomic mass is 35.5. The van der Waals surface area contributed by atoms with E-state index in [1.807, 2.05) is 36.4 Å². The van der Waals surface area contributed by atoms with Crippen molar-refractivity contribution in [1.82, 2.24) is 5.32 Å². The zero-order valence-corrected chi connectivity index (χ0v) is 12.8. The summed E-state index contributed by atoms with van der Waals surface area (Å²) in [5, 5.41) is 24.0. The van der Waals surface area contributed by atoms with Gasteiger partial charge in [-0.15, -0.1) is 0 Å². The standard InChI is InChI=1S/C17H18ClNO3/c18-14-6-3-4-12-10-22-15-7-2-1-5-13(15)17(21,16(12)14)11-19-8-9-20/h1-7,19-21H,8-11H2. The molecule has 1 atom stereocenters. The maximum Gasteiger partial charge on any atom is 0.132 e. The first kappa shape index (κ1) is 15.3. The lowest BCUT2D eigenvalue weighted by atomic mass is 9.83. The van der Waals surface area contributed by atoms with Crippen molar-refractivity contribution < 1.29 is 14.9 Å². The summed E-state index contributed by atoms with van der Waals surface area (Å²) in [5.41, 5.74) is 0.881. The fraction of sp³-hybridized carbons (Fsp3) is 0.294. The number of para-hydroxylation sites is 1. The lowest BCUT2D eigenvalue weighted by Gasteiger charge is -2.31. The predicted molar refractivity (Wildman–Crippen MR) is 85.2 cm³/mol. The quantitative estimate of drug-likeness (QED) is 0.755. The molecule has 1 unspecified atom stereocenters. The van der Waals surface area contributed by atoms with E-state index >= 15 is 0 Å². The fourth-order valence-electron chi connectivity index (χ4n) is 2.91. The second-order valence-electron chi connectivity index (χ2n) is 5.32. The molecular formula is C17H18ClNO3. The number of hydrogen-bond donors (Lipinski definition) is 3. The molecular weight excluding hydrogens is 302 g/mol. The van der Waals surface area contributed by atoms with E-state index in [4.69, 9.17) is 21.4 Å². The van der Waals surface area contributed by atoms with Crippen molar-refractivity contribution in [2.75, 3.05) is 19.7 Å². The smallest absolute Gasteiger partial charge is 0.132 e. The van der Waals surface area contributed by atoms with Gasteiger partial charge >= 0.3 is 0 Å². The van der Waals surface area contributed by atoms with Gasteiger partial charge in [0.1, 0.15) is 18.0 Å². The molecule has 4 nitrogen and oxygen atoms in total. The Kier molecular flexibility index (Phi) is 4.36. The van der Waals surface area contributed by atoms with Crippen LogP contribution in [0, 0.1) is 0 Å². The molecule has 1 heterocycles. The third-order valence-corrected chi connectivity index (χ3v) is 4.21. The molecule has 0 saturated carbocycles. The molecule has 5 heteroatoms. The predicted octanol–water partition coefficient (Wildman–Crippen LogP) is 2.05.